The normalized spacial score (nSPS) is 12.0. The fourth-order valence-corrected chi connectivity index (χ4v) is 3.62. The van der Waals surface area contributed by atoms with Gasteiger partial charge in [-0.05, 0) is 48.7 Å². The third-order valence-electron chi connectivity index (χ3n) is 4.80. The van der Waals surface area contributed by atoms with Crippen LogP contribution >= 0.6 is 11.6 Å². The lowest BCUT2D eigenvalue weighted by molar-refractivity contribution is 0.365. The average Bonchev–Trinajstić information content (AvgIpc) is 3.22. The molecule has 2 aromatic carbocycles. The molecule has 0 fully saturated rings. The molecule has 0 aliphatic rings. The summed E-state index contributed by atoms with van der Waals surface area (Å²) in [4.78, 5) is 9.04. The molecular weight excluding hydrogens is 384 g/mol. The van der Waals surface area contributed by atoms with Crippen LogP contribution in [0, 0.1) is 6.92 Å². The van der Waals surface area contributed by atoms with Crippen LogP contribution in [0.15, 0.2) is 71.4 Å². The van der Waals surface area contributed by atoms with Crippen LogP contribution in [0.1, 0.15) is 28.5 Å². The summed E-state index contributed by atoms with van der Waals surface area (Å²) in [6.07, 6.45) is 2.46. The van der Waals surface area contributed by atoms with E-state index in [-0.39, 0.29) is 5.92 Å². The Hall–Kier alpha value is -3.18. The second kappa shape index (κ2) is 8.45. The molecule has 4 rings (SSSR count). The molecule has 146 valence electrons. The Morgan fingerprint density at radius 1 is 1.07 bits per heavy atom. The van der Waals surface area contributed by atoms with Crippen LogP contribution in [-0.4, -0.2) is 22.2 Å². The van der Waals surface area contributed by atoms with Crippen molar-refractivity contribution < 1.29 is 4.52 Å². The zero-order valence-corrected chi connectivity index (χ0v) is 17.0. The first-order chi connectivity index (χ1) is 14.1. The largest absolute Gasteiger partial charge is 0.373 e. The number of nitrogens with zero attached hydrogens (tertiary/aromatic N) is 3. The van der Waals surface area contributed by atoms with Crippen LogP contribution in [0.2, 0.25) is 5.02 Å². The highest BCUT2D eigenvalue weighted by molar-refractivity contribution is 6.30. The highest BCUT2D eigenvalue weighted by Crippen LogP contribution is 2.31. The van der Waals surface area contributed by atoms with Gasteiger partial charge >= 0.3 is 0 Å². The molecule has 1 unspecified atom stereocenters. The molecule has 0 amide bonds. The number of hydrogen-bond donors (Lipinski definition) is 1. The SMILES string of the molecule is CNc1ncccc1-c1noc(C(Cc2cccc(C)c2)c2cccc(Cl)c2)n1. The van der Waals surface area contributed by atoms with Crippen molar-refractivity contribution in [1.82, 2.24) is 15.1 Å². The minimum Gasteiger partial charge on any atom is -0.373 e. The molecule has 0 spiro atoms. The predicted octanol–water partition coefficient (Wildman–Crippen LogP) is 5.51. The summed E-state index contributed by atoms with van der Waals surface area (Å²) in [6.45, 7) is 2.09. The van der Waals surface area contributed by atoms with Crippen molar-refractivity contribution in [3.63, 3.8) is 0 Å². The molecular formula is C23H21ClN4O. The van der Waals surface area contributed by atoms with Crippen molar-refractivity contribution in [2.24, 2.45) is 0 Å². The van der Waals surface area contributed by atoms with Crippen LogP contribution < -0.4 is 5.32 Å². The van der Waals surface area contributed by atoms with Gasteiger partial charge in [-0.3, -0.25) is 0 Å². The average molecular weight is 405 g/mol. The van der Waals surface area contributed by atoms with Gasteiger partial charge in [-0.25, -0.2) is 4.98 Å². The van der Waals surface area contributed by atoms with Crippen LogP contribution in [0.4, 0.5) is 5.82 Å². The van der Waals surface area contributed by atoms with E-state index >= 15 is 0 Å². The third-order valence-corrected chi connectivity index (χ3v) is 5.03. The van der Waals surface area contributed by atoms with Gasteiger partial charge < -0.3 is 9.84 Å². The Morgan fingerprint density at radius 2 is 1.93 bits per heavy atom. The van der Waals surface area contributed by atoms with Gasteiger partial charge in [-0.1, -0.05) is 58.7 Å². The van der Waals surface area contributed by atoms with Crippen molar-refractivity contribution in [3.8, 4) is 11.4 Å². The predicted molar refractivity (Wildman–Crippen MR) is 115 cm³/mol. The molecule has 0 saturated carbocycles. The first-order valence-corrected chi connectivity index (χ1v) is 9.79. The van der Waals surface area contributed by atoms with Gasteiger partial charge in [-0.15, -0.1) is 0 Å². The first-order valence-electron chi connectivity index (χ1n) is 9.42. The second-order valence-electron chi connectivity index (χ2n) is 6.91. The molecule has 0 aliphatic heterocycles. The second-order valence-corrected chi connectivity index (χ2v) is 7.34. The quantitative estimate of drug-likeness (QED) is 0.459. The number of anilines is 1. The third kappa shape index (κ3) is 4.30. The summed E-state index contributed by atoms with van der Waals surface area (Å²) in [5.74, 6) is 1.66. The Balaban J connectivity index is 1.74. The molecule has 0 saturated heterocycles. The zero-order chi connectivity index (χ0) is 20.2. The van der Waals surface area contributed by atoms with Gasteiger partial charge in [0.15, 0.2) is 0 Å². The Morgan fingerprint density at radius 3 is 2.72 bits per heavy atom. The van der Waals surface area contributed by atoms with E-state index in [1.165, 1.54) is 11.1 Å². The molecule has 1 atom stereocenters. The van der Waals surface area contributed by atoms with Crippen LogP contribution in [0.3, 0.4) is 0 Å². The molecule has 6 heteroatoms. The molecule has 5 nitrogen and oxygen atoms in total. The Kier molecular flexibility index (Phi) is 5.58. The van der Waals surface area contributed by atoms with Gasteiger partial charge in [0.05, 0.1) is 11.5 Å². The minimum atomic E-state index is -0.105. The number of hydrogen-bond acceptors (Lipinski definition) is 5. The summed E-state index contributed by atoms with van der Waals surface area (Å²) >= 11 is 6.26. The van der Waals surface area contributed by atoms with Gasteiger partial charge in [0.2, 0.25) is 11.7 Å². The van der Waals surface area contributed by atoms with Gasteiger partial charge in [-0.2, -0.15) is 4.98 Å². The van der Waals surface area contributed by atoms with E-state index in [4.69, 9.17) is 21.1 Å². The number of aryl methyl sites for hydroxylation is 1. The number of rotatable bonds is 6. The van der Waals surface area contributed by atoms with E-state index in [2.05, 4.69) is 46.6 Å². The van der Waals surface area contributed by atoms with Gasteiger partial charge in [0.1, 0.15) is 5.82 Å². The lowest BCUT2D eigenvalue weighted by atomic mass is 9.91. The first kappa shape index (κ1) is 19.2. The monoisotopic (exact) mass is 404 g/mol. The van der Waals surface area contributed by atoms with Crippen molar-refractivity contribution in [1.29, 1.82) is 0 Å². The number of nitrogens with one attached hydrogen (secondary N) is 1. The Labute approximate surface area is 174 Å². The fourth-order valence-electron chi connectivity index (χ4n) is 3.42. The maximum atomic E-state index is 6.26. The zero-order valence-electron chi connectivity index (χ0n) is 16.3. The molecule has 2 aromatic heterocycles. The highest BCUT2D eigenvalue weighted by Gasteiger charge is 2.23. The molecule has 4 aromatic rings. The molecule has 1 N–H and O–H groups in total. The summed E-state index contributed by atoms with van der Waals surface area (Å²) in [5, 5.41) is 7.97. The highest BCUT2D eigenvalue weighted by atomic mass is 35.5. The topological polar surface area (TPSA) is 63.8 Å². The smallest absolute Gasteiger partial charge is 0.234 e. The summed E-state index contributed by atoms with van der Waals surface area (Å²) < 4.78 is 5.72. The van der Waals surface area contributed by atoms with E-state index in [0.717, 1.165) is 17.5 Å². The van der Waals surface area contributed by atoms with E-state index < -0.39 is 0 Å². The van der Waals surface area contributed by atoms with Crippen LogP contribution in [0.25, 0.3) is 11.4 Å². The van der Waals surface area contributed by atoms with Crippen molar-refractivity contribution >= 4 is 17.4 Å². The molecule has 0 radical (unpaired) electrons. The number of aromatic nitrogens is 3. The Bertz CT molecular complexity index is 1130. The summed E-state index contributed by atoms with van der Waals surface area (Å²) in [5.41, 5.74) is 4.25. The fraction of sp³-hybridized carbons (Fsp3) is 0.174. The molecule has 29 heavy (non-hydrogen) atoms. The van der Waals surface area contributed by atoms with E-state index in [0.29, 0.717) is 22.6 Å². The molecule has 2 heterocycles. The minimum absolute atomic E-state index is 0.105. The standard InChI is InChI=1S/C23H21ClN4O/c1-15-6-3-7-16(12-15)13-20(17-8-4-9-18(24)14-17)23-27-22(28-29-23)19-10-5-11-26-21(19)25-2/h3-12,14,20H,13H2,1-2H3,(H,25,26). The molecule has 0 aliphatic carbocycles. The number of pyridine rings is 1. The van der Waals surface area contributed by atoms with Gasteiger partial charge in [0.25, 0.3) is 0 Å². The van der Waals surface area contributed by atoms with Crippen molar-refractivity contribution in [2.75, 3.05) is 12.4 Å². The summed E-state index contributed by atoms with van der Waals surface area (Å²) in [7, 11) is 1.82. The van der Waals surface area contributed by atoms with Gasteiger partial charge in [0, 0.05) is 18.3 Å². The lowest BCUT2D eigenvalue weighted by Gasteiger charge is -2.14. The number of halogens is 1. The number of benzene rings is 2. The molecule has 0 bridgehead atoms. The van der Waals surface area contributed by atoms with Crippen molar-refractivity contribution in [3.05, 3.63) is 94.5 Å². The van der Waals surface area contributed by atoms with Crippen molar-refractivity contribution in [2.45, 2.75) is 19.3 Å². The maximum absolute atomic E-state index is 6.26. The lowest BCUT2D eigenvalue weighted by Crippen LogP contribution is -2.06. The van der Waals surface area contributed by atoms with E-state index in [9.17, 15) is 0 Å². The van der Waals surface area contributed by atoms with Crippen LogP contribution in [-0.2, 0) is 6.42 Å². The van der Waals surface area contributed by atoms with E-state index in [1.807, 2.05) is 43.4 Å². The summed E-state index contributed by atoms with van der Waals surface area (Å²) in [6, 6.07) is 20.0. The van der Waals surface area contributed by atoms with E-state index in [1.54, 1.807) is 6.20 Å². The maximum Gasteiger partial charge on any atom is 0.234 e. The van der Waals surface area contributed by atoms with Crippen LogP contribution in [0.5, 0.6) is 0 Å².